The minimum absolute atomic E-state index is 0.346. The molecule has 0 saturated heterocycles. The van der Waals surface area contributed by atoms with Gasteiger partial charge in [-0.3, -0.25) is 4.79 Å². The van der Waals surface area contributed by atoms with Gasteiger partial charge in [-0.25, -0.2) is 9.97 Å². The Hall–Kier alpha value is -2.63. The van der Waals surface area contributed by atoms with Crippen LogP contribution in [-0.4, -0.2) is 23.0 Å². The van der Waals surface area contributed by atoms with Crippen LogP contribution in [0.15, 0.2) is 24.4 Å². The Morgan fingerprint density at radius 3 is 2.76 bits per heavy atom. The van der Waals surface area contributed by atoms with Gasteiger partial charge in [-0.05, 0) is 42.9 Å². The van der Waals surface area contributed by atoms with Crippen molar-refractivity contribution in [3.05, 3.63) is 46.8 Å². The molecular weight excluding hydrogens is 316 g/mol. The molecule has 1 amide bonds. The van der Waals surface area contributed by atoms with Crippen molar-refractivity contribution < 1.29 is 9.53 Å². The summed E-state index contributed by atoms with van der Waals surface area (Å²) in [5.74, 6) is 1.53. The van der Waals surface area contributed by atoms with Crippen LogP contribution in [0.2, 0.25) is 0 Å². The number of benzene rings is 1. The lowest BCUT2D eigenvalue weighted by Crippen LogP contribution is -2.15. The van der Waals surface area contributed by atoms with Gasteiger partial charge in [0.25, 0.3) is 5.91 Å². The van der Waals surface area contributed by atoms with Crippen LogP contribution in [0.25, 0.3) is 0 Å². The van der Waals surface area contributed by atoms with Crippen molar-refractivity contribution in [3.63, 3.8) is 0 Å². The largest absolute Gasteiger partial charge is 0.496 e. The molecule has 6 nitrogen and oxygen atoms in total. The zero-order valence-electron chi connectivity index (χ0n) is 14.7. The molecule has 1 fully saturated rings. The average molecular weight is 340 g/mol. The zero-order chi connectivity index (χ0) is 17.8. The summed E-state index contributed by atoms with van der Waals surface area (Å²) in [6, 6.07) is 6.30. The second kappa shape index (κ2) is 7.51. The molecule has 0 atom stereocenters. The van der Waals surface area contributed by atoms with E-state index in [2.05, 4.69) is 27.4 Å². The third-order valence-corrected chi connectivity index (χ3v) is 4.78. The maximum atomic E-state index is 11.2. The van der Waals surface area contributed by atoms with Crippen molar-refractivity contribution in [2.75, 3.05) is 12.4 Å². The molecule has 1 aromatic carbocycles. The summed E-state index contributed by atoms with van der Waals surface area (Å²) in [7, 11) is 1.72. The van der Waals surface area contributed by atoms with Crippen molar-refractivity contribution >= 4 is 11.9 Å². The smallest absolute Gasteiger partial charge is 0.252 e. The Kier molecular flexibility index (Phi) is 5.16. The van der Waals surface area contributed by atoms with E-state index in [1.54, 1.807) is 14.0 Å². The van der Waals surface area contributed by atoms with Crippen LogP contribution in [-0.2, 0) is 6.54 Å². The minimum Gasteiger partial charge on any atom is -0.496 e. The number of nitrogens with one attached hydrogen (secondary N) is 1. The molecule has 3 rings (SSSR count). The van der Waals surface area contributed by atoms with Gasteiger partial charge in [0.1, 0.15) is 5.75 Å². The molecule has 1 aliphatic rings. The number of hydrogen-bond acceptors (Lipinski definition) is 5. The molecular formula is C19H24N4O2. The number of rotatable bonds is 6. The van der Waals surface area contributed by atoms with Crippen LogP contribution in [0.1, 0.15) is 58.8 Å². The predicted octanol–water partition coefficient (Wildman–Crippen LogP) is 3.16. The van der Waals surface area contributed by atoms with Gasteiger partial charge >= 0.3 is 0 Å². The van der Waals surface area contributed by atoms with E-state index in [-0.39, 0.29) is 0 Å². The van der Waals surface area contributed by atoms with E-state index in [9.17, 15) is 4.79 Å². The number of aryl methyl sites for hydroxylation is 1. The molecule has 0 spiro atoms. The Balaban J connectivity index is 1.74. The van der Waals surface area contributed by atoms with E-state index < -0.39 is 5.91 Å². The van der Waals surface area contributed by atoms with Crippen LogP contribution < -0.4 is 15.8 Å². The first-order valence-electron chi connectivity index (χ1n) is 8.62. The summed E-state index contributed by atoms with van der Waals surface area (Å²) in [5.41, 5.74) is 8.65. The predicted molar refractivity (Wildman–Crippen MR) is 96.8 cm³/mol. The monoisotopic (exact) mass is 340 g/mol. The lowest BCUT2D eigenvalue weighted by atomic mass is 9.95. The maximum absolute atomic E-state index is 11.2. The number of anilines is 1. The summed E-state index contributed by atoms with van der Waals surface area (Å²) >= 11 is 0. The van der Waals surface area contributed by atoms with E-state index >= 15 is 0 Å². The summed E-state index contributed by atoms with van der Waals surface area (Å²) < 4.78 is 5.54. The molecule has 1 aliphatic carbocycles. The Morgan fingerprint density at radius 1 is 1.36 bits per heavy atom. The summed E-state index contributed by atoms with van der Waals surface area (Å²) in [6.07, 6.45) is 6.49. The van der Waals surface area contributed by atoms with Gasteiger partial charge < -0.3 is 15.8 Å². The summed E-state index contributed by atoms with van der Waals surface area (Å²) in [5, 5.41) is 3.21. The van der Waals surface area contributed by atoms with Crippen molar-refractivity contribution in [3.8, 4) is 5.75 Å². The molecule has 25 heavy (non-hydrogen) atoms. The molecule has 132 valence electrons. The molecule has 1 heterocycles. The second-order valence-corrected chi connectivity index (χ2v) is 6.47. The quantitative estimate of drug-likeness (QED) is 0.843. The molecule has 2 aromatic rings. The highest BCUT2D eigenvalue weighted by molar-refractivity contribution is 5.93. The van der Waals surface area contributed by atoms with Crippen molar-refractivity contribution in [1.29, 1.82) is 0 Å². The zero-order valence-corrected chi connectivity index (χ0v) is 14.7. The van der Waals surface area contributed by atoms with E-state index in [1.165, 1.54) is 37.4 Å². The summed E-state index contributed by atoms with van der Waals surface area (Å²) in [6.45, 7) is 2.36. The molecule has 1 saturated carbocycles. The Bertz CT molecular complexity index is 770. The van der Waals surface area contributed by atoms with Gasteiger partial charge in [-0.2, -0.15) is 0 Å². The van der Waals surface area contributed by atoms with E-state index in [0.29, 0.717) is 29.7 Å². The highest BCUT2D eigenvalue weighted by Crippen LogP contribution is 2.39. The first kappa shape index (κ1) is 17.2. The van der Waals surface area contributed by atoms with Gasteiger partial charge in [0.2, 0.25) is 5.95 Å². The fourth-order valence-electron chi connectivity index (χ4n) is 3.42. The van der Waals surface area contributed by atoms with Crippen molar-refractivity contribution in [2.24, 2.45) is 5.73 Å². The molecule has 6 heteroatoms. The van der Waals surface area contributed by atoms with Crippen LogP contribution >= 0.6 is 0 Å². The van der Waals surface area contributed by atoms with Crippen LogP contribution in [0.3, 0.4) is 0 Å². The van der Waals surface area contributed by atoms with Crippen molar-refractivity contribution in [1.82, 2.24) is 9.97 Å². The molecule has 0 aliphatic heterocycles. The number of ether oxygens (including phenoxy) is 1. The number of carbonyl (C=O) groups excluding carboxylic acids is 1. The molecule has 0 unspecified atom stereocenters. The number of nitrogens with zero attached hydrogens (tertiary/aromatic N) is 2. The first-order valence-corrected chi connectivity index (χ1v) is 8.62. The number of nitrogens with two attached hydrogens (primary N) is 1. The average Bonchev–Trinajstić information content (AvgIpc) is 3.14. The Labute approximate surface area is 147 Å². The first-order chi connectivity index (χ1) is 12.1. The van der Waals surface area contributed by atoms with E-state index in [0.717, 1.165) is 11.3 Å². The van der Waals surface area contributed by atoms with Gasteiger partial charge in [0, 0.05) is 12.7 Å². The van der Waals surface area contributed by atoms with Gasteiger partial charge in [-0.1, -0.05) is 25.0 Å². The maximum Gasteiger partial charge on any atom is 0.252 e. The fourth-order valence-corrected chi connectivity index (χ4v) is 3.42. The minimum atomic E-state index is -0.514. The van der Waals surface area contributed by atoms with Crippen LogP contribution in [0, 0.1) is 6.92 Å². The highest BCUT2D eigenvalue weighted by Gasteiger charge is 2.20. The topological polar surface area (TPSA) is 90.1 Å². The van der Waals surface area contributed by atoms with Crippen LogP contribution in [0.5, 0.6) is 5.75 Å². The van der Waals surface area contributed by atoms with Gasteiger partial charge in [0.15, 0.2) is 0 Å². The fraction of sp³-hybridized carbons (Fsp3) is 0.421. The molecule has 0 bridgehead atoms. The van der Waals surface area contributed by atoms with Gasteiger partial charge in [-0.15, -0.1) is 0 Å². The SMILES string of the molecule is COc1ccc(CNc2ncc(C(N)=O)c(C)n2)cc1C1CCCC1. The number of methoxy groups -OCH3 is 1. The molecule has 1 aromatic heterocycles. The number of hydrogen-bond donors (Lipinski definition) is 2. The number of amides is 1. The number of carbonyl (C=O) groups is 1. The van der Waals surface area contributed by atoms with E-state index in [4.69, 9.17) is 10.5 Å². The van der Waals surface area contributed by atoms with E-state index in [1.807, 2.05) is 6.07 Å². The molecule has 0 radical (unpaired) electrons. The van der Waals surface area contributed by atoms with Gasteiger partial charge in [0.05, 0.1) is 18.4 Å². The third-order valence-electron chi connectivity index (χ3n) is 4.78. The number of primary amides is 1. The van der Waals surface area contributed by atoms with Crippen LogP contribution in [0.4, 0.5) is 5.95 Å². The number of aromatic nitrogens is 2. The highest BCUT2D eigenvalue weighted by atomic mass is 16.5. The standard InChI is InChI=1S/C19H24N4O2/c1-12-16(18(20)24)11-22-19(23-12)21-10-13-7-8-17(25-2)15(9-13)14-5-3-4-6-14/h7-9,11,14H,3-6,10H2,1-2H3,(H2,20,24)(H,21,22,23). The van der Waals surface area contributed by atoms with Crippen molar-refractivity contribution in [2.45, 2.75) is 45.1 Å². The second-order valence-electron chi connectivity index (χ2n) is 6.47. The lowest BCUT2D eigenvalue weighted by molar-refractivity contribution is 0.0999. The third kappa shape index (κ3) is 3.90. The Morgan fingerprint density at radius 2 is 2.12 bits per heavy atom. The molecule has 3 N–H and O–H groups in total. The summed E-state index contributed by atoms with van der Waals surface area (Å²) in [4.78, 5) is 19.7. The normalized spacial score (nSPS) is 14.5. The lowest BCUT2D eigenvalue weighted by Gasteiger charge is -2.16.